The van der Waals surface area contributed by atoms with Gasteiger partial charge in [0, 0.05) is 31.2 Å². The number of nitrogens with zero attached hydrogens (tertiary/aromatic N) is 2. The second-order valence-electron chi connectivity index (χ2n) is 6.92. The van der Waals surface area contributed by atoms with Crippen molar-refractivity contribution >= 4 is 56.2 Å². The molecule has 0 saturated carbocycles. The molecule has 0 aromatic heterocycles. The van der Waals surface area contributed by atoms with Crippen LogP contribution in [0.1, 0.15) is 10.4 Å². The van der Waals surface area contributed by atoms with Crippen molar-refractivity contribution in [1.82, 2.24) is 9.62 Å². The summed E-state index contributed by atoms with van der Waals surface area (Å²) in [5.41, 5.74) is 1.84. The molecule has 0 unspecified atom stereocenters. The van der Waals surface area contributed by atoms with Crippen molar-refractivity contribution in [2.24, 2.45) is 0 Å². The van der Waals surface area contributed by atoms with Crippen LogP contribution in [0.3, 0.4) is 0 Å². The molecule has 0 aliphatic carbocycles. The van der Waals surface area contributed by atoms with Gasteiger partial charge in [0.2, 0.25) is 10.0 Å². The number of piperazine rings is 1. The zero-order valence-corrected chi connectivity index (χ0v) is 19.5. The lowest BCUT2D eigenvalue weighted by molar-refractivity contribution is 0.0974. The third-order valence-electron chi connectivity index (χ3n) is 4.83. The van der Waals surface area contributed by atoms with Crippen molar-refractivity contribution in [3.63, 3.8) is 0 Å². The highest BCUT2D eigenvalue weighted by Crippen LogP contribution is 2.27. The maximum Gasteiger partial charge on any atom is 0.261 e. The molecule has 1 heterocycles. The average molecular weight is 483 g/mol. The molecule has 8 nitrogen and oxygen atoms in total. The summed E-state index contributed by atoms with van der Waals surface area (Å²) in [5.74, 6) is -0.0649. The van der Waals surface area contributed by atoms with Crippen LogP contribution in [-0.2, 0) is 10.0 Å². The standard InChI is InChI=1S/C20H23ClN4O4S2/c1-29-18-8-7-14(21)13-15(18)19(26)23-20(30)22-16-5-3-4-6-17(16)24-9-11-25(12-10-24)31(2,27)28/h3-8,13H,9-12H2,1-2H3,(H2,22,23,26,30). The van der Waals surface area contributed by atoms with E-state index in [0.29, 0.717) is 42.6 Å². The lowest BCUT2D eigenvalue weighted by atomic mass is 10.2. The number of hydrogen-bond acceptors (Lipinski definition) is 6. The van der Waals surface area contributed by atoms with E-state index in [9.17, 15) is 13.2 Å². The Morgan fingerprint density at radius 3 is 2.45 bits per heavy atom. The largest absolute Gasteiger partial charge is 0.496 e. The summed E-state index contributed by atoms with van der Waals surface area (Å²) in [6.07, 6.45) is 1.22. The van der Waals surface area contributed by atoms with Crippen LogP contribution >= 0.6 is 23.8 Å². The van der Waals surface area contributed by atoms with Crippen LogP contribution in [0.25, 0.3) is 0 Å². The molecule has 1 fully saturated rings. The maximum atomic E-state index is 12.6. The van der Waals surface area contributed by atoms with Gasteiger partial charge in [-0.25, -0.2) is 8.42 Å². The number of benzene rings is 2. The van der Waals surface area contributed by atoms with Crippen LogP contribution in [0.2, 0.25) is 5.02 Å². The minimum atomic E-state index is -3.21. The van der Waals surface area contributed by atoms with Crippen molar-refractivity contribution in [1.29, 1.82) is 0 Å². The van der Waals surface area contributed by atoms with E-state index in [1.54, 1.807) is 12.1 Å². The van der Waals surface area contributed by atoms with E-state index in [1.807, 2.05) is 24.3 Å². The van der Waals surface area contributed by atoms with E-state index in [1.165, 1.54) is 23.7 Å². The number of carbonyl (C=O) groups is 1. The van der Waals surface area contributed by atoms with Crippen LogP contribution in [0.15, 0.2) is 42.5 Å². The van der Waals surface area contributed by atoms with Gasteiger partial charge in [0.15, 0.2) is 5.11 Å². The number of amides is 1. The molecule has 1 aliphatic heterocycles. The minimum Gasteiger partial charge on any atom is -0.496 e. The molecular weight excluding hydrogens is 460 g/mol. The second kappa shape index (κ2) is 9.82. The molecule has 1 aliphatic rings. The molecule has 2 aromatic rings. The summed E-state index contributed by atoms with van der Waals surface area (Å²) >= 11 is 11.3. The van der Waals surface area contributed by atoms with E-state index >= 15 is 0 Å². The predicted molar refractivity (Wildman–Crippen MR) is 127 cm³/mol. The Labute approximate surface area is 192 Å². The summed E-state index contributed by atoms with van der Waals surface area (Å²) in [7, 11) is -1.74. The zero-order valence-electron chi connectivity index (χ0n) is 17.1. The van der Waals surface area contributed by atoms with Gasteiger partial charge in [-0.05, 0) is 42.5 Å². The van der Waals surface area contributed by atoms with Crippen molar-refractivity contribution in [2.45, 2.75) is 0 Å². The van der Waals surface area contributed by atoms with Gasteiger partial charge in [-0.2, -0.15) is 4.31 Å². The minimum absolute atomic E-state index is 0.120. The molecule has 11 heteroatoms. The summed E-state index contributed by atoms with van der Waals surface area (Å²) in [5, 5.41) is 6.22. The topological polar surface area (TPSA) is 91.0 Å². The molecule has 3 rings (SSSR count). The molecule has 31 heavy (non-hydrogen) atoms. The van der Waals surface area contributed by atoms with Gasteiger partial charge >= 0.3 is 0 Å². The van der Waals surface area contributed by atoms with Gasteiger partial charge < -0.3 is 15.0 Å². The quantitative estimate of drug-likeness (QED) is 0.633. The Morgan fingerprint density at radius 2 is 1.81 bits per heavy atom. The van der Waals surface area contributed by atoms with Gasteiger partial charge in [-0.3, -0.25) is 10.1 Å². The number of ether oxygens (including phenoxy) is 1. The molecule has 166 valence electrons. The van der Waals surface area contributed by atoms with Crippen LogP contribution in [0, 0.1) is 0 Å². The van der Waals surface area contributed by atoms with E-state index in [2.05, 4.69) is 15.5 Å². The Hall–Kier alpha value is -2.40. The predicted octanol–water partition coefficient (Wildman–Crippen LogP) is 2.56. The molecule has 1 saturated heterocycles. The number of thiocarbonyl (C=S) groups is 1. The SMILES string of the molecule is COc1ccc(Cl)cc1C(=O)NC(=S)Nc1ccccc1N1CCN(S(C)(=O)=O)CC1. The smallest absolute Gasteiger partial charge is 0.261 e. The van der Waals surface area contributed by atoms with Gasteiger partial charge in [0.25, 0.3) is 5.91 Å². The Morgan fingerprint density at radius 1 is 1.13 bits per heavy atom. The first kappa shape index (κ1) is 23.3. The first-order valence-corrected chi connectivity index (χ1v) is 12.1. The van der Waals surface area contributed by atoms with Crippen molar-refractivity contribution < 1.29 is 17.9 Å². The number of hydrogen-bond donors (Lipinski definition) is 2. The number of rotatable bonds is 5. The molecule has 2 aromatic carbocycles. The summed E-state index contributed by atoms with van der Waals surface area (Å²) in [6, 6.07) is 12.3. The van der Waals surface area contributed by atoms with Gasteiger partial charge in [-0.1, -0.05) is 23.7 Å². The molecule has 2 N–H and O–H groups in total. The van der Waals surface area contributed by atoms with Crippen molar-refractivity contribution in [2.75, 3.05) is 49.8 Å². The number of nitrogens with one attached hydrogen (secondary N) is 2. The first-order valence-electron chi connectivity index (χ1n) is 9.44. The van der Waals surface area contributed by atoms with E-state index < -0.39 is 15.9 Å². The fourth-order valence-corrected chi connectivity index (χ4v) is 4.50. The first-order chi connectivity index (χ1) is 14.7. The van der Waals surface area contributed by atoms with Crippen LogP contribution in [0.4, 0.5) is 11.4 Å². The molecule has 0 spiro atoms. The number of sulfonamides is 1. The van der Waals surface area contributed by atoms with Crippen LogP contribution in [-0.4, -0.2) is 63.3 Å². The van der Waals surface area contributed by atoms with Crippen molar-refractivity contribution in [3.05, 3.63) is 53.1 Å². The lowest BCUT2D eigenvalue weighted by Gasteiger charge is -2.35. The third kappa shape index (κ3) is 5.85. The fraction of sp³-hybridized carbons (Fsp3) is 0.300. The number of methoxy groups -OCH3 is 1. The Balaban J connectivity index is 1.69. The monoisotopic (exact) mass is 482 g/mol. The number of carbonyl (C=O) groups excluding carboxylic acids is 1. The Kier molecular flexibility index (Phi) is 7.37. The second-order valence-corrected chi connectivity index (χ2v) is 9.75. The summed E-state index contributed by atoms with van der Waals surface area (Å²) in [4.78, 5) is 14.7. The van der Waals surface area contributed by atoms with E-state index in [4.69, 9.17) is 28.6 Å². The summed E-state index contributed by atoms with van der Waals surface area (Å²) < 4.78 is 30.2. The highest BCUT2D eigenvalue weighted by atomic mass is 35.5. The number of anilines is 2. The highest BCUT2D eigenvalue weighted by Gasteiger charge is 2.24. The van der Waals surface area contributed by atoms with Gasteiger partial charge in [-0.15, -0.1) is 0 Å². The number of para-hydroxylation sites is 2. The molecular formula is C20H23ClN4O4S2. The van der Waals surface area contributed by atoms with Gasteiger partial charge in [0.1, 0.15) is 5.75 Å². The third-order valence-corrected chi connectivity index (χ3v) is 6.58. The van der Waals surface area contributed by atoms with Crippen LogP contribution in [0.5, 0.6) is 5.75 Å². The van der Waals surface area contributed by atoms with Gasteiger partial charge in [0.05, 0.1) is 30.3 Å². The zero-order chi connectivity index (χ0) is 22.6. The molecule has 0 atom stereocenters. The normalized spacial score (nSPS) is 14.7. The molecule has 0 radical (unpaired) electrons. The maximum absolute atomic E-state index is 12.6. The van der Waals surface area contributed by atoms with Crippen LogP contribution < -0.4 is 20.3 Å². The van der Waals surface area contributed by atoms with Crippen molar-refractivity contribution in [3.8, 4) is 5.75 Å². The van der Waals surface area contributed by atoms with E-state index in [-0.39, 0.29) is 10.7 Å². The molecule has 1 amide bonds. The Bertz CT molecular complexity index is 1090. The highest BCUT2D eigenvalue weighted by molar-refractivity contribution is 7.88. The fourth-order valence-electron chi connectivity index (χ4n) is 3.30. The average Bonchev–Trinajstić information content (AvgIpc) is 2.73. The lowest BCUT2D eigenvalue weighted by Crippen LogP contribution is -2.48. The van der Waals surface area contributed by atoms with E-state index in [0.717, 1.165) is 5.69 Å². The number of halogens is 1. The summed E-state index contributed by atoms with van der Waals surface area (Å²) in [6.45, 7) is 1.90. The molecule has 0 bridgehead atoms.